The maximum absolute atomic E-state index is 5.41. The van der Waals surface area contributed by atoms with E-state index in [0.29, 0.717) is 0 Å². The summed E-state index contributed by atoms with van der Waals surface area (Å²) in [6.45, 7) is 5.22. The van der Waals surface area contributed by atoms with Gasteiger partial charge in [-0.3, -0.25) is 4.98 Å². The highest BCUT2D eigenvalue weighted by Gasteiger charge is 2.14. The summed E-state index contributed by atoms with van der Waals surface area (Å²) in [5, 5.41) is 4.81. The van der Waals surface area contributed by atoms with Gasteiger partial charge < -0.3 is 9.64 Å². The van der Waals surface area contributed by atoms with Crippen molar-refractivity contribution in [2.75, 3.05) is 31.2 Å². The molecule has 1 aliphatic heterocycles. The number of hydrogen-bond donors (Lipinski definition) is 0. The first-order valence-corrected chi connectivity index (χ1v) is 9.35. The second-order valence-electron chi connectivity index (χ2n) is 6.82. The molecule has 0 aliphatic carbocycles. The van der Waals surface area contributed by atoms with Crippen LogP contribution in [0.15, 0.2) is 55.0 Å². The Morgan fingerprint density at radius 3 is 2.57 bits per heavy atom. The van der Waals surface area contributed by atoms with Crippen LogP contribution in [-0.2, 0) is 4.74 Å². The summed E-state index contributed by atoms with van der Waals surface area (Å²) in [5.74, 6) is 0.974. The van der Waals surface area contributed by atoms with Gasteiger partial charge >= 0.3 is 0 Å². The van der Waals surface area contributed by atoms with E-state index in [0.717, 1.165) is 66.0 Å². The Morgan fingerprint density at radius 2 is 1.79 bits per heavy atom. The lowest BCUT2D eigenvalue weighted by molar-refractivity contribution is 0.122. The molecule has 4 aromatic heterocycles. The fraction of sp³-hybridized carbons (Fsp3) is 0.238. The molecule has 0 N–H and O–H groups in total. The highest BCUT2D eigenvalue weighted by Crippen LogP contribution is 2.24. The second kappa shape index (κ2) is 7.01. The largest absolute Gasteiger partial charge is 0.378 e. The molecule has 5 rings (SSSR count). The maximum Gasteiger partial charge on any atom is 0.154 e. The molecule has 0 radical (unpaired) electrons. The molecule has 7 nitrogen and oxygen atoms in total. The van der Waals surface area contributed by atoms with Gasteiger partial charge in [0, 0.05) is 42.3 Å². The number of nitrogens with zero attached hydrogens (tertiary/aromatic N) is 6. The van der Waals surface area contributed by atoms with Crippen LogP contribution in [0.1, 0.15) is 5.69 Å². The topological polar surface area (TPSA) is 68.4 Å². The number of aryl methyl sites for hydroxylation is 1. The normalized spacial score (nSPS) is 14.5. The van der Waals surface area contributed by atoms with Gasteiger partial charge in [-0.2, -0.15) is 5.10 Å². The number of ether oxygens (including phenoxy) is 1. The van der Waals surface area contributed by atoms with Crippen molar-refractivity contribution >= 4 is 11.5 Å². The smallest absolute Gasteiger partial charge is 0.154 e. The Morgan fingerprint density at radius 1 is 0.893 bits per heavy atom. The van der Waals surface area contributed by atoms with E-state index in [1.807, 2.05) is 48.1 Å². The van der Waals surface area contributed by atoms with Crippen LogP contribution < -0.4 is 4.90 Å². The van der Waals surface area contributed by atoms with Gasteiger partial charge in [0.05, 0.1) is 30.8 Å². The van der Waals surface area contributed by atoms with E-state index in [9.17, 15) is 0 Å². The zero-order valence-corrected chi connectivity index (χ0v) is 15.6. The first-order chi connectivity index (χ1) is 13.8. The van der Waals surface area contributed by atoms with Gasteiger partial charge in [-0.05, 0) is 43.3 Å². The molecular formula is C21H20N6O. The van der Waals surface area contributed by atoms with E-state index >= 15 is 0 Å². The van der Waals surface area contributed by atoms with Crippen LogP contribution in [-0.4, -0.2) is 50.9 Å². The number of pyridine rings is 2. The number of fused-ring (bicyclic) bond motifs is 1. The molecule has 4 aromatic rings. The van der Waals surface area contributed by atoms with Crippen molar-refractivity contribution in [1.82, 2.24) is 24.6 Å². The van der Waals surface area contributed by atoms with Crippen molar-refractivity contribution in [3.8, 4) is 22.5 Å². The average molecular weight is 372 g/mol. The van der Waals surface area contributed by atoms with Crippen molar-refractivity contribution in [1.29, 1.82) is 0 Å². The molecule has 0 saturated carbocycles. The van der Waals surface area contributed by atoms with Gasteiger partial charge in [-0.1, -0.05) is 0 Å². The summed E-state index contributed by atoms with van der Waals surface area (Å²) in [5.41, 5.74) is 5.60. The van der Waals surface area contributed by atoms with Crippen LogP contribution >= 0.6 is 0 Å². The third-order valence-corrected chi connectivity index (χ3v) is 4.93. The van der Waals surface area contributed by atoms with E-state index in [2.05, 4.69) is 32.0 Å². The average Bonchev–Trinajstić information content (AvgIpc) is 3.18. The van der Waals surface area contributed by atoms with Crippen LogP contribution in [0.5, 0.6) is 0 Å². The van der Waals surface area contributed by atoms with Crippen LogP contribution in [0, 0.1) is 6.92 Å². The molecule has 7 heteroatoms. The molecule has 28 heavy (non-hydrogen) atoms. The van der Waals surface area contributed by atoms with E-state index in [4.69, 9.17) is 9.84 Å². The van der Waals surface area contributed by atoms with Crippen LogP contribution in [0.25, 0.3) is 28.2 Å². The quantitative estimate of drug-likeness (QED) is 0.551. The van der Waals surface area contributed by atoms with Gasteiger partial charge in [-0.15, -0.1) is 0 Å². The number of rotatable bonds is 3. The molecule has 0 unspecified atom stereocenters. The number of anilines is 1. The third kappa shape index (κ3) is 3.10. The van der Waals surface area contributed by atoms with E-state index < -0.39 is 0 Å². The summed E-state index contributed by atoms with van der Waals surface area (Å²) in [6.07, 6.45) is 5.54. The number of morpholine rings is 1. The molecule has 1 saturated heterocycles. The molecule has 0 atom stereocenters. The van der Waals surface area contributed by atoms with E-state index in [-0.39, 0.29) is 0 Å². The SMILES string of the molecule is Cc1cc(-c2ccc3ncc(-c4ccc(N5CCOCC5)nc4)n3n2)ccn1. The van der Waals surface area contributed by atoms with Gasteiger partial charge in [0.2, 0.25) is 0 Å². The Bertz CT molecular complexity index is 1120. The van der Waals surface area contributed by atoms with Crippen molar-refractivity contribution in [2.24, 2.45) is 0 Å². The van der Waals surface area contributed by atoms with E-state index in [1.165, 1.54) is 0 Å². The Balaban J connectivity index is 1.51. The van der Waals surface area contributed by atoms with Crippen molar-refractivity contribution in [3.05, 3.63) is 60.7 Å². The standard InChI is InChI=1S/C21H20N6O/c1-15-12-16(6-7-22-15)18-3-5-21-24-14-19(27(21)25-18)17-2-4-20(23-13-17)26-8-10-28-11-9-26/h2-7,12-14H,8-11H2,1H3. The molecule has 1 aliphatic rings. The minimum absolute atomic E-state index is 0.748. The predicted molar refractivity (Wildman–Crippen MR) is 107 cm³/mol. The molecule has 1 fully saturated rings. The van der Waals surface area contributed by atoms with Gasteiger partial charge in [0.25, 0.3) is 0 Å². The number of aromatic nitrogens is 5. The van der Waals surface area contributed by atoms with E-state index in [1.54, 1.807) is 6.20 Å². The Hall–Kier alpha value is -3.32. The highest BCUT2D eigenvalue weighted by atomic mass is 16.5. The van der Waals surface area contributed by atoms with Crippen LogP contribution in [0.3, 0.4) is 0 Å². The molecule has 0 amide bonds. The number of imidazole rings is 1. The predicted octanol–water partition coefficient (Wildman–Crippen LogP) is 3.00. The Kier molecular flexibility index (Phi) is 4.21. The third-order valence-electron chi connectivity index (χ3n) is 4.93. The zero-order valence-electron chi connectivity index (χ0n) is 15.6. The zero-order chi connectivity index (χ0) is 18.9. The lowest BCUT2D eigenvalue weighted by atomic mass is 10.1. The van der Waals surface area contributed by atoms with Crippen molar-refractivity contribution in [2.45, 2.75) is 6.92 Å². The number of hydrogen-bond acceptors (Lipinski definition) is 6. The molecule has 0 aromatic carbocycles. The lowest BCUT2D eigenvalue weighted by Crippen LogP contribution is -2.36. The highest BCUT2D eigenvalue weighted by molar-refractivity contribution is 5.66. The summed E-state index contributed by atoms with van der Waals surface area (Å²) >= 11 is 0. The molecule has 0 bridgehead atoms. The fourth-order valence-electron chi connectivity index (χ4n) is 3.45. The van der Waals surface area contributed by atoms with Gasteiger partial charge in [0.1, 0.15) is 5.82 Å². The fourth-order valence-corrected chi connectivity index (χ4v) is 3.45. The van der Waals surface area contributed by atoms with Crippen LogP contribution in [0.4, 0.5) is 5.82 Å². The minimum Gasteiger partial charge on any atom is -0.378 e. The second-order valence-corrected chi connectivity index (χ2v) is 6.82. The molecule has 0 spiro atoms. The first-order valence-electron chi connectivity index (χ1n) is 9.35. The molecule has 5 heterocycles. The Labute approximate surface area is 162 Å². The summed E-state index contributed by atoms with van der Waals surface area (Å²) < 4.78 is 7.29. The van der Waals surface area contributed by atoms with Gasteiger partial charge in [0.15, 0.2) is 5.65 Å². The van der Waals surface area contributed by atoms with Gasteiger partial charge in [-0.25, -0.2) is 14.5 Å². The van der Waals surface area contributed by atoms with Crippen LogP contribution in [0.2, 0.25) is 0 Å². The maximum atomic E-state index is 5.41. The monoisotopic (exact) mass is 372 g/mol. The summed E-state index contributed by atoms with van der Waals surface area (Å²) in [7, 11) is 0. The van der Waals surface area contributed by atoms with Crippen molar-refractivity contribution < 1.29 is 4.74 Å². The van der Waals surface area contributed by atoms with Crippen molar-refractivity contribution in [3.63, 3.8) is 0 Å². The summed E-state index contributed by atoms with van der Waals surface area (Å²) in [4.78, 5) is 15.6. The summed E-state index contributed by atoms with van der Waals surface area (Å²) in [6, 6.07) is 12.1. The first kappa shape index (κ1) is 16.8. The minimum atomic E-state index is 0.748. The lowest BCUT2D eigenvalue weighted by Gasteiger charge is -2.27. The molecular weight excluding hydrogens is 352 g/mol. The molecule has 140 valence electrons.